The van der Waals surface area contributed by atoms with Gasteiger partial charge in [-0.2, -0.15) is 0 Å². The summed E-state index contributed by atoms with van der Waals surface area (Å²) >= 11 is 0. The molecule has 1 aliphatic heterocycles. The van der Waals surface area contributed by atoms with Gasteiger partial charge in [0.15, 0.2) is 0 Å². The van der Waals surface area contributed by atoms with E-state index in [1.54, 1.807) is 0 Å². The quantitative estimate of drug-likeness (QED) is 0.800. The Hall–Kier alpha value is -0.570. The molecular formula is C14H26N2O. The first-order chi connectivity index (χ1) is 8.02. The van der Waals surface area contributed by atoms with Gasteiger partial charge < -0.3 is 10.6 Å². The summed E-state index contributed by atoms with van der Waals surface area (Å²) in [5.41, 5.74) is 6.01. The molecule has 0 atom stereocenters. The molecule has 2 rings (SSSR count). The molecule has 0 aromatic rings. The number of hydrogen-bond donors (Lipinski definition) is 1. The summed E-state index contributed by atoms with van der Waals surface area (Å²) in [6, 6.07) is 0. The molecule has 3 heteroatoms. The van der Waals surface area contributed by atoms with Crippen LogP contribution in [0.4, 0.5) is 0 Å². The van der Waals surface area contributed by atoms with Gasteiger partial charge in [-0.3, -0.25) is 4.79 Å². The Morgan fingerprint density at radius 1 is 1.29 bits per heavy atom. The number of carbonyl (C=O) groups is 1. The molecule has 1 saturated carbocycles. The van der Waals surface area contributed by atoms with Crippen LogP contribution in [-0.4, -0.2) is 30.4 Å². The van der Waals surface area contributed by atoms with Gasteiger partial charge in [0.2, 0.25) is 5.91 Å². The van der Waals surface area contributed by atoms with E-state index in [1.165, 1.54) is 0 Å². The van der Waals surface area contributed by atoms with Gasteiger partial charge in [0, 0.05) is 19.0 Å². The SMILES string of the molecule is CC1(C)CCN(C(=O)C2CCC(CN)CC2)C1. The average molecular weight is 238 g/mol. The van der Waals surface area contributed by atoms with Crippen LogP contribution in [0, 0.1) is 17.3 Å². The molecule has 2 N–H and O–H groups in total. The van der Waals surface area contributed by atoms with Crippen LogP contribution in [0.3, 0.4) is 0 Å². The summed E-state index contributed by atoms with van der Waals surface area (Å²) < 4.78 is 0. The number of carbonyl (C=O) groups excluding carboxylic acids is 1. The second-order valence-electron chi connectivity index (χ2n) is 6.63. The van der Waals surface area contributed by atoms with Gasteiger partial charge in [-0.1, -0.05) is 13.8 Å². The van der Waals surface area contributed by atoms with Crippen LogP contribution in [0.5, 0.6) is 0 Å². The van der Waals surface area contributed by atoms with E-state index < -0.39 is 0 Å². The molecule has 2 fully saturated rings. The highest BCUT2D eigenvalue weighted by Gasteiger charge is 2.36. The van der Waals surface area contributed by atoms with Gasteiger partial charge in [-0.05, 0) is 50.0 Å². The highest BCUT2D eigenvalue weighted by molar-refractivity contribution is 5.79. The van der Waals surface area contributed by atoms with Crippen LogP contribution >= 0.6 is 0 Å². The fourth-order valence-corrected chi connectivity index (χ4v) is 3.20. The Kier molecular flexibility index (Phi) is 3.76. The Morgan fingerprint density at radius 3 is 2.41 bits per heavy atom. The minimum absolute atomic E-state index is 0.284. The van der Waals surface area contributed by atoms with E-state index in [1.807, 2.05) is 0 Å². The van der Waals surface area contributed by atoms with E-state index >= 15 is 0 Å². The normalized spacial score (nSPS) is 32.8. The molecule has 1 saturated heterocycles. The molecule has 0 radical (unpaired) electrons. The molecule has 2 aliphatic rings. The molecule has 3 nitrogen and oxygen atoms in total. The lowest BCUT2D eigenvalue weighted by atomic mass is 9.81. The van der Waals surface area contributed by atoms with Crippen molar-refractivity contribution in [2.75, 3.05) is 19.6 Å². The third-order valence-corrected chi connectivity index (χ3v) is 4.52. The fraction of sp³-hybridized carbons (Fsp3) is 0.929. The maximum Gasteiger partial charge on any atom is 0.225 e. The summed E-state index contributed by atoms with van der Waals surface area (Å²) in [6.45, 7) is 7.21. The Labute approximate surface area is 105 Å². The highest BCUT2D eigenvalue weighted by Crippen LogP contribution is 2.34. The first-order valence-electron chi connectivity index (χ1n) is 7.01. The molecule has 0 aromatic carbocycles. The lowest BCUT2D eigenvalue weighted by Crippen LogP contribution is -2.37. The number of nitrogens with zero attached hydrogens (tertiary/aromatic N) is 1. The van der Waals surface area contributed by atoms with Crippen molar-refractivity contribution >= 4 is 5.91 Å². The van der Waals surface area contributed by atoms with Crippen molar-refractivity contribution in [3.63, 3.8) is 0 Å². The molecule has 0 unspecified atom stereocenters. The molecular weight excluding hydrogens is 212 g/mol. The number of rotatable bonds is 2. The van der Waals surface area contributed by atoms with Crippen LogP contribution in [-0.2, 0) is 4.79 Å². The van der Waals surface area contributed by atoms with Crippen molar-refractivity contribution < 1.29 is 4.79 Å². The predicted octanol–water partition coefficient (Wildman–Crippen LogP) is 2.01. The molecule has 0 spiro atoms. The summed E-state index contributed by atoms with van der Waals surface area (Å²) in [6.07, 6.45) is 5.54. The van der Waals surface area contributed by atoms with Crippen molar-refractivity contribution in [3.8, 4) is 0 Å². The maximum atomic E-state index is 12.4. The van der Waals surface area contributed by atoms with Gasteiger partial charge in [0.25, 0.3) is 0 Å². The largest absolute Gasteiger partial charge is 0.342 e. The van der Waals surface area contributed by atoms with Gasteiger partial charge >= 0.3 is 0 Å². The van der Waals surface area contributed by atoms with Crippen LogP contribution in [0.25, 0.3) is 0 Å². The van der Waals surface area contributed by atoms with E-state index in [0.717, 1.165) is 51.7 Å². The van der Waals surface area contributed by atoms with Crippen molar-refractivity contribution in [1.29, 1.82) is 0 Å². The van der Waals surface area contributed by atoms with E-state index in [4.69, 9.17) is 5.73 Å². The number of likely N-dealkylation sites (tertiary alicyclic amines) is 1. The zero-order chi connectivity index (χ0) is 12.5. The molecule has 0 bridgehead atoms. The molecule has 1 amide bonds. The van der Waals surface area contributed by atoms with E-state index in [-0.39, 0.29) is 5.92 Å². The van der Waals surface area contributed by atoms with Crippen molar-refractivity contribution in [1.82, 2.24) is 4.90 Å². The van der Waals surface area contributed by atoms with Gasteiger partial charge in [-0.15, -0.1) is 0 Å². The Balaban J connectivity index is 1.85. The topological polar surface area (TPSA) is 46.3 Å². The van der Waals surface area contributed by atoms with E-state index in [0.29, 0.717) is 17.2 Å². The van der Waals surface area contributed by atoms with Crippen molar-refractivity contribution in [3.05, 3.63) is 0 Å². The molecule has 0 aromatic heterocycles. The lowest BCUT2D eigenvalue weighted by molar-refractivity contribution is -0.136. The second-order valence-corrected chi connectivity index (χ2v) is 6.63. The van der Waals surface area contributed by atoms with Crippen molar-refractivity contribution in [2.24, 2.45) is 23.0 Å². The average Bonchev–Trinajstić information content (AvgIpc) is 2.69. The standard InChI is InChI=1S/C14H26N2O/c1-14(2)7-8-16(10-14)13(17)12-5-3-11(9-15)4-6-12/h11-12H,3-10,15H2,1-2H3. The van der Waals surface area contributed by atoms with Crippen molar-refractivity contribution in [2.45, 2.75) is 46.0 Å². The lowest BCUT2D eigenvalue weighted by Gasteiger charge is -2.30. The van der Waals surface area contributed by atoms with Crippen LogP contribution in [0.1, 0.15) is 46.0 Å². The Bertz CT molecular complexity index is 280. The second kappa shape index (κ2) is 4.97. The number of hydrogen-bond acceptors (Lipinski definition) is 2. The van der Waals surface area contributed by atoms with E-state index in [2.05, 4.69) is 18.7 Å². The fourth-order valence-electron chi connectivity index (χ4n) is 3.20. The number of amides is 1. The molecule has 98 valence electrons. The van der Waals surface area contributed by atoms with E-state index in [9.17, 15) is 4.79 Å². The van der Waals surface area contributed by atoms with Gasteiger partial charge in [-0.25, -0.2) is 0 Å². The maximum absolute atomic E-state index is 12.4. The minimum Gasteiger partial charge on any atom is -0.342 e. The molecule has 1 aliphatic carbocycles. The zero-order valence-electron chi connectivity index (χ0n) is 11.2. The molecule has 17 heavy (non-hydrogen) atoms. The van der Waals surface area contributed by atoms with Crippen LogP contribution < -0.4 is 5.73 Å². The Morgan fingerprint density at radius 2 is 1.94 bits per heavy atom. The summed E-state index contributed by atoms with van der Waals surface area (Å²) in [7, 11) is 0. The summed E-state index contributed by atoms with van der Waals surface area (Å²) in [5, 5.41) is 0. The third-order valence-electron chi connectivity index (χ3n) is 4.52. The monoisotopic (exact) mass is 238 g/mol. The number of nitrogens with two attached hydrogens (primary N) is 1. The third kappa shape index (κ3) is 3.01. The van der Waals surface area contributed by atoms with Crippen LogP contribution in [0.15, 0.2) is 0 Å². The van der Waals surface area contributed by atoms with Gasteiger partial charge in [0.1, 0.15) is 0 Å². The zero-order valence-corrected chi connectivity index (χ0v) is 11.2. The van der Waals surface area contributed by atoms with Crippen LogP contribution in [0.2, 0.25) is 0 Å². The smallest absolute Gasteiger partial charge is 0.225 e. The summed E-state index contributed by atoms with van der Waals surface area (Å²) in [5.74, 6) is 1.35. The first kappa shape index (κ1) is 12.9. The summed E-state index contributed by atoms with van der Waals surface area (Å²) in [4.78, 5) is 14.5. The highest BCUT2D eigenvalue weighted by atomic mass is 16.2. The van der Waals surface area contributed by atoms with Gasteiger partial charge in [0.05, 0.1) is 0 Å². The predicted molar refractivity (Wildman–Crippen MR) is 69.5 cm³/mol. The minimum atomic E-state index is 0.284. The molecule has 1 heterocycles. The first-order valence-corrected chi connectivity index (χ1v) is 7.01.